The van der Waals surface area contributed by atoms with Crippen LogP contribution in [-0.2, 0) is 14.6 Å². The van der Waals surface area contributed by atoms with Crippen molar-refractivity contribution in [1.82, 2.24) is 5.32 Å². The lowest BCUT2D eigenvalue weighted by molar-refractivity contribution is -0.384. The van der Waals surface area contributed by atoms with Crippen LogP contribution < -0.4 is 5.32 Å². The van der Waals surface area contributed by atoms with Crippen LogP contribution in [0.25, 0.3) is 0 Å². The molecule has 148 valence electrons. The van der Waals surface area contributed by atoms with Gasteiger partial charge in [-0.2, -0.15) is 0 Å². The average Bonchev–Trinajstić information content (AvgIpc) is 2.92. The molecular weight excluding hydrogens is 384 g/mol. The molecule has 0 saturated heterocycles. The zero-order valence-electron chi connectivity index (χ0n) is 15.5. The predicted molar refractivity (Wildman–Crippen MR) is 101 cm³/mol. The topological polar surface area (TPSA) is 127 Å². The first kappa shape index (κ1) is 18.7. The molecule has 28 heavy (non-hydrogen) atoms. The molecule has 2 N–H and O–H groups in total. The number of non-ortho nitro benzene ring substituents is 1. The van der Waals surface area contributed by atoms with E-state index < -0.39 is 26.1 Å². The Morgan fingerprint density at radius 2 is 1.96 bits per heavy atom. The molecule has 0 radical (unpaired) electrons. The third kappa shape index (κ3) is 2.64. The molecule has 0 amide bonds. The Balaban J connectivity index is 2.01. The number of hydrogen-bond acceptors (Lipinski definition) is 7. The zero-order valence-corrected chi connectivity index (χ0v) is 16.3. The summed E-state index contributed by atoms with van der Waals surface area (Å²) in [7, 11) is -3.66. The normalized spacial score (nSPS) is 25.2. The first-order valence-corrected chi connectivity index (χ1v) is 10.7. The minimum absolute atomic E-state index is 0.0492. The highest BCUT2D eigenvalue weighted by Gasteiger charge is 2.49. The Kier molecular flexibility index (Phi) is 3.94. The van der Waals surface area contributed by atoms with Crippen molar-refractivity contribution in [3.05, 3.63) is 55.7 Å². The number of phenols is 1. The van der Waals surface area contributed by atoms with Crippen molar-refractivity contribution >= 4 is 21.3 Å². The summed E-state index contributed by atoms with van der Waals surface area (Å²) in [5.74, 6) is -1.60. The molecule has 1 aliphatic carbocycles. The number of benzene rings is 1. The summed E-state index contributed by atoms with van der Waals surface area (Å²) in [5.41, 5.74) is 0.575. The van der Waals surface area contributed by atoms with Gasteiger partial charge in [-0.05, 0) is 18.9 Å². The standard InChI is InChI=1S/C19H20N2O6S/c1-19(2)7-5-12-16(18(19)23)15(17-13(20-12)6-8-28(17,26)27)11-9-10(21(24)25)3-4-14(11)22/h3-4,9,15,20,22H,5-8H2,1-2H3. The van der Waals surface area contributed by atoms with Crippen molar-refractivity contribution in [3.63, 3.8) is 0 Å². The third-order valence-electron chi connectivity index (χ3n) is 5.82. The number of sulfone groups is 1. The lowest BCUT2D eigenvalue weighted by Gasteiger charge is -2.38. The van der Waals surface area contributed by atoms with Gasteiger partial charge in [-0.1, -0.05) is 13.8 Å². The van der Waals surface area contributed by atoms with Crippen molar-refractivity contribution in [2.45, 2.75) is 39.0 Å². The summed E-state index contributed by atoms with van der Waals surface area (Å²) in [4.78, 5) is 24.0. The lowest BCUT2D eigenvalue weighted by Crippen LogP contribution is -2.39. The summed E-state index contributed by atoms with van der Waals surface area (Å²) in [5, 5.41) is 24.9. The highest BCUT2D eigenvalue weighted by atomic mass is 32.2. The summed E-state index contributed by atoms with van der Waals surface area (Å²) >= 11 is 0. The number of ketones is 1. The smallest absolute Gasteiger partial charge is 0.270 e. The van der Waals surface area contributed by atoms with Crippen LogP contribution in [-0.4, -0.2) is 30.0 Å². The average molecular weight is 404 g/mol. The molecule has 2 heterocycles. The van der Waals surface area contributed by atoms with Crippen molar-refractivity contribution in [3.8, 4) is 5.75 Å². The summed E-state index contributed by atoms with van der Waals surface area (Å²) in [6.07, 6.45) is 1.47. The van der Waals surface area contributed by atoms with Gasteiger partial charge in [0.1, 0.15) is 5.75 Å². The zero-order chi connectivity index (χ0) is 20.4. The van der Waals surface area contributed by atoms with Gasteiger partial charge in [0.05, 0.1) is 21.5 Å². The lowest BCUT2D eigenvalue weighted by atomic mass is 9.69. The Hall–Kier alpha value is -2.68. The van der Waals surface area contributed by atoms with Crippen LogP contribution in [0.3, 0.4) is 0 Å². The summed E-state index contributed by atoms with van der Waals surface area (Å²) in [6, 6.07) is 3.50. The fourth-order valence-corrected chi connectivity index (χ4v) is 6.08. The van der Waals surface area contributed by atoms with E-state index in [0.717, 1.165) is 6.07 Å². The van der Waals surface area contributed by atoms with Gasteiger partial charge in [0, 0.05) is 46.5 Å². The molecule has 0 spiro atoms. The number of aromatic hydroxyl groups is 1. The molecule has 2 aliphatic heterocycles. The largest absolute Gasteiger partial charge is 0.508 e. The van der Waals surface area contributed by atoms with Gasteiger partial charge < -0.3 is 10.4 Å². The fourth-order valence-electron chi connectivity index (χ4n) is 4.25. The number of carbonyl (C=O) groups excluding carboxylic acids is 1. The van der Waals surface area contributed by atoms with Crippen molar-refractivity contribution in [2.24, 2.45) is 5.41 Å². The maximum atomic E-state index is 13.3. The quantitative estimate of drug-likeness (QED) is 0.573. The molecule has 8 nitrogen and oxygen atoms in total. The highest BCUT2D eigenvalue weighted by Crippen LogP contribution is 2.52. The van der Waals surface area contributed by atoms with E-state index in [1.54, 1.807) is 13.8 Å². The number of nitrogens with zero attached hydrogens (tertiary/aromatic N) is 1. The van der Waals surface area contributed by atoms with E-state index in [-0.39, 0.29) is 45.4 Å². The molecule has 1 atom stereocenters. The van der Waals surface area contributed by atoms with E-state index in [9.17, 15) is 28.4 Å². The van der Waals surface area contributed by atoms with Gasteiger partial charge in [-0.15, -0.1) is 0 Å². The first-order valence-electron chi connectivity index (χ1n) is 9.01. The number of phenolic OH excluding ortho intramolecular Hbond substituents is 1. The number of Topliss-reactive ketones (excluding diaryl/α,β-unsaturated/α-hetero) is 1. The van der Waals surface area contributed by atoms with Crippen LogP contribution in [0.15, 0.2) is 40.1 Å². The van der Waals surface area contributed by atoms with Crippen LogP contribution >= 0.6 is 0 Å². The maximum absolute atomic E-state index is 13.3. The molecule has 0 fully saturated rings. The van der Waals surface area contributed by atoms with Gasteiger partial charge in [0.15, 0.2) is 15.6 Å². The van der Waals surface area contributed by atoms with Crippen LogP contribution in [0.2, 0.25) is 0 Å². The minimum atomic E-state index is -3.66. The molecule has 1 aromatic rings. The number of allylic oxidation sites excluding steroid dienone is 4. The highest BCUT2D eigenvalue weighted by molar-refractivity contribution is 7.95. The summed E-state index contributed by atoms with van der Waals surface area (Å²) in [6.45, 7) is 3.60. The monoisotopic (exact) mass is 404 g/mol. The first-order chi connectivity index (χ1) is 13.0. The van der Waals surface area contributed by atoms with E-state index in [1.165, 1.54) is 12.1 Å². The number of hydrogen-bond donors (Lipinski definition) is 2. The summed E-state index contributed by atoms with van der Waals surface area (Å²) < 4.78 is 25.6. The fraction of sp³-hybridized carbons (Fsp3) is 0.421. The van der Waals surface area contributed by atoms with E-state index in [0.29, 0.717) is 24.2 Å². The van der Waals surface area contributed by atoms with Crippen LogP contribution in [0, 0.1) is 15.5 Å². The molecule has 9 heteroatoms. The molecule has 0 bridgehead atoms. The molecule has 4 rings (SSSR count). The van der Waals surface area contributed by atoms with Crippen molar-refractivity contribution in [1.29, 1.82) is 0 Å². The number of nitrogens with one attached hydrogen (secondary N) is 1. The van der Waals surface area contributed by atoms with Crippen LogP contribution in [0.1, 0.15) is 44.6 Å². The van der Waals surface area contributed by atoms with E-state index in [1.807, 2.05) is 0 Å². The molecule has 1 aromatic carbocycles. The molecule has 0 saturated carbocycles. The van der Waals surface area contributed by atoms with Gasteiger partial charge >= 0.3 is 0 Å². The number of carbonyl (C=O) groups is 1. The van der Waals surface area contributed by atoms with Gasteiger partial charge in [0.2, 0.25) is 0 Å². The van der Waals surface area contributed by atoms with Gasteiger partial charge in [-0.3, -0.25) is 14.9 Å². The van der Waals surface area contributed by atoms with Crippen molar-refractivity contribution < 1.29 is 23.2 Å². The predicted octanol–water partition coefficient (Wildman–Crippen LogP) is 2.66. The van der Waals surface area contributed by atoms with E-state index >= 15 is 0 Å². The van der Waals surface area contributed by atoms with Gasteiger partial charge in [0.25, 0.3) is 5.69 Å². The number of dihydropyridines is 1. The molecule has 3 aliphatic rings. The number of nitro benzene ring substituents is 1. The van der Waals surface area contributed by atoms with Gasteiger partial charge in [-0.25, -0.2) is 8.42 Å². The SMILES string of the molecule is CC1(C)CCC2=C(C1=O)C(c1cc([N+](=O)[O-])ccc1O)C1=C(CCS1(=O)=O)N2. The Bertz CT molecular complexity index is 1100. The van der Waals surface area contributed by atoms with Crippen LogP contribution in [0.4, 0.5) is 5.69 Å². The molecular formula is C19H20N2O6S. The number of nitro groups is 1. The van der Waals surface area contributed by atoms with Crippen LogP contribution in [0.5, 0.6) is 5.75 Å². The molecule has 0 aromatic heterocycles. The minimum Gasteiger partial charge on any atom is -0.508 e. The van der Waals surface area contributed by atoms with E-state index in [4.69, 9.17) is 0 Å². The Labute approximate surface area is 162 Å². The second kappa shape index (κ2) is 5.91. The second-order valence-corrected chi connectivity index (χ2v) is 10.2. The maximum Gasteiger partial charge on any atom is 0.270 e. The number of rotatable bonds is 2. The Morgan fingerprint density at radius 3 is 2.64 bits per heavy atom. The van der Waals surface area contributed by atoms with E-state index in [2.05, 4.69) is 5.32 Å². The second-order valence-electron chi connectivity index (χ2n) is 8.08. The Morgan fingerprint density at radius 1 is 1.25 bits per heavy atom. The van der Waals surface area contributed by atoms with Crippen molar-refractivity contribution in [2.75, 3.05) is 5.75 Å². The molecule has 1 unspecified atom stereocenters. The third-order valence-corrected chi connectivity index (χ3v) is 7.72.